The van der Waals surface area contributed by atoms with E-state index in [2.05, 4.69) is 28.8 Å². The molecule has 1 unspecified atom stereocenters. The van der Waals surface area contributed by atoms with Crippen molar-refractivity contribution in [1.29, 1.82) is 0 Å². The van der Waals surface area contributed by atoms with E-state index in [1.165, 1.54) is 173 Å². The third-order valence-electron chi connectivity index (χ3n) is 13.4. The Labute approximate surface area is 389 Å². The largest absolute Gasteiger partial charge is 0.756 e. The third-order valence-corrected chi connectivity index (χ3v) is 14.3. The standard InChI is InChI=1S/C50H93N6O7P/c1-6-8-10-12-14-16-18-20-22-24-26-28-30-32-34-36-50(37-35-33-31-29-27-25-23-21-19-17-15-13-11-9-7-2)62-45-43(40-60-64(57,58)59-39-38-56(3,4)5)61-49(46(45)63-50)55-42-54-44-47(51)52-41-53-48(44)55/h41-43,45-46,49H,6-40H2,1-5H3,(H2-,51,52,53,57,58)/t43-,45-,46-,49-/m1/s1. The van der Waals surface area contributed by atoms with Gasteiger partial charge in [-0.1, -0.05) is 194 Å². The quantitative estimate of drug-likeness (QED) is 0.0385. The molecule has 13 nitrogen and oxygen atoms in total. The van der Waals surface area contributed by atoms with E-state index >= 15 is 0 Å². The highest BCUT2D eigenvalue weighted by Gasteiger charge is 2.58. The van der Waals surface area contributed by atoms with Crippen molar-refractivity contribution < 1.29 is 37.2 Å². The molecule has 2 saturated heterocycles. The molecular formula is C50H93N6O7P. The number of phosphoric ester groups is 1. The zero-order chi connectivity index (χ0) is 45.9. The average Bonchev–Trinajstić information content (AvgIpc) is 3.95. The fourth-order valence-corrected chi connectivity index (χ4v) is 10.1. The van der Waals surface area contributed by atoms with Crippen LogP contribution in [0.15, 0.2) is 12.7 Å². The number of nitrogen functional groups attached to an aromatic ring is 1. The summed E-state index contributed by atoms with van der Waals surface area (Å²) in [6, 6.07) is 0. The van der Waals surface area contributed by atoms with Crippen molar-refractivity contribution in [3.63, 3.8) is 0 Å². The molecule has 4 rings (SSSR count). The van der Waals surface area contributed by atoms with Crippen LogP contribution in [0, 0.1) is 0 Å². The summed E-state index contributed by atoms with van der Waals surface area (Å²) in [4.78, 5) is 26.1. The molecule has 370 valence electrons. The lowest BCUT2D eigenvalue weighted by Gasteiger charge is -2.32. The van der Waals surface area contributed by atoms with E-state index in [0.717, 1.165) is 38.5 Å². The first-order valence-corrected chi connectivity index (χ1v) is 27.8. The number of anilines is 1. The first-order chi connectivity index (χ1) is 31.0. The van der Waals surface area contributed by atoms with Gasteiger partial charge in [0.15, 0.2) is 23.5 Å². The Bertz CT molecular complexity index is 1520. The zero-order valence-electron chi connectivity index (χ0n) is 41.3. The Morgan fingerprint density at radius 2 is 1.09 bits per heavy atom. The number of ether oxygens (including phenoxy) is 3. The maximum absolute atomic E-state index is 13.0. The summed E-state index contributed by atoms with van der Waals surface area (Å²) < 4.78 is 46.7. The van der Waals surface area contributed by atoms with Gasteiger partial charge in [0.1, 0.15) is 43.3 Å². The number of likely N-dealkylation sites (N-methyl/N-ethyl adjacent to an activating group) is 1. The monoisotopic (exact) mass is 921 g/mol. The molecule has 0 spiro atoms. The van der Waals surface area contributed by atoms with E-state index in [4.69, 9.17) is 29.0 Å². The van der Waals surface area contributed by atoms with Crippen LogP contribution in [0.2, 0.25) is 0 Å². The molecule has 14 heteroatoms. The van der Waals surface area contributed by atoms with Crippen LogP contribution in [-0.4, -0.2) is 89.0 Å². The molecule has 0 saturated carbocycles. The fraction of sp³-hybridized carbons (Fsp3) is 0.900. The van der Waals surface area contributed by atoms with Gasteiger partial charge in [-0.25, -0.2) is 15.0 Å². The van der Waals surface area contributed by atoms with Gasteiger partial charge < -0.3 is 38.4 Å². The van der Waals surface area contributed by atoms with Gasteiger partial charge in [-0.2, -0.15) is 0 Å². The predicted molar refractivity (Wildman–Crippen MR) is 258 cm³/mol. The molecule has 0 aromatic carbocycles. The van der Waals surface area contributed by atoms with E-state index in [1.807, 2.05) is 21.1 Å². The predicted octanol–water partition coefficient (Wildman–Crippen LogP) is 12.5. The Kier molecular flexibility index (Phi) is 26.3. The number of aromatic nitrogens is 4. The summed E-state index contributed by atoms with van der Waals surface area (Å²) in [6.07, 6.45) is 41.3. The Balaban J connectivity index is 1.32. The van der Waals surface area contributed by atoms with Gasteiger partial charge in [-0.05, 0) is 12.8 Å². The molecule has 0 bridgehead atoms. The lowest BCUT2D eigenvalue weighted by atomic mass is 9.98. The van der Waals surface area contributed by atoms with Gasteiger partial charge in [-0.15, -0.1) is 0 Å². The van der Waals surface area contributed by atoms with Crippen LogP contribution in [0.4, 0.5) is 5.82 Å². The number of phosphoric acid groups is 1. The van der Waals surface area contributed by atoms with E-state index in [9.17, 15) is 9.46 Å². The van der Waals surface area contributed by atoms with E-state index in [-0.39, 0.29) is 19.0 Å². The molecule has 5 atom stereocenters. The van der Waals surface area contributed by atoms with Crippen LogP contribution in [-0.2, 0) is 27.8 Å². The molecule has 0 aliphatic carbocycles. The number of imidazole rings is 1. The Morgan fingerprint density at radius 3 is 1.55 bits per heavy atom. The molecule has 2 aromatic heterocycles. The Morgan fingerprint density at radius 1 is 0.656 bits per heavy atom. The number of rotatable bonds is 40. The summed E-state index contributed by atoms with van der Waals surface area (Å²) >= 11 is 0. The SMILES string of the molecule is CCCCCCCCCCCCCCCCCC1(CCCCCCCCCCCCCCCCC)O[C@@H]2[C@H](O1)[C@@H](COP(=O)([O-])OCC[N+](C)(C)C)O[C@H]2n1cnc2c(N)ncnc21. The second kappa shape index (κ2) is 30.6. The normalized spacial score (nSPS) is 20.7. The lowest BCUT2D eigenvalue weighted by molar-refractivity contribution is -0.870. The minimum Gasteiger partial charge on any atom is -0.756 e. The summed E-state index contributed by atoms with van der Waals surface area (Å²) in [5.74, 6) is -0.536. The number of nitrogens with two attached hydrogens (primary N) is 1. The topological polar surface area (TPSA) is 156 Å². The van der Waals surface area contributed by atoms with Crippen LogP contribution in [0.1, 0.15) is 226 Å². The van der Waals surface area contributed by atoms with Crippen molar-refractivity contribution in [2.75, 3.05) is 46.6 Å². The van der Waals surface area contributed by atoms with Crippen molar-refractivity contribution in [2.45, 2.75) is 250 Å². The summed E-state index contributed by atoms with van der Waals surface area (Å²) in [7, 11) is 1.33. The maximum Gasteiger partial charge on any atom is 0.268 e. The second-order valence-electron chi connectivity index (χ2n) is 20.2. The van der Waals surface area contributed by atoms with Gasteiger partial charge in [-0.3, -0.25) is 9.13 Å². The van der Waals surface area contributed by atoms with E-state index in [1.54, 1.807) is 10.9 Å². The van der Waals surface area contributed by atoms with Crippen LogP contribution >= 0.6 is 7.82 Å². The summed E-state index contributed by atoms with van der Waals surface area (Å²) in [5.41, 5.74) is 7.16. The number of hydrogen-bond donors (Lipinski definition) is 1. The molecule has 2 fully saturated rings. The molecule has 2 aromatic rings. The number of nitrogens with zero attached hydrogens (tertiary/aromatic N) is 5. The van der Waals surface area contributed by atoms with Crippen molar-refractivity contribution in [2.24, 2.45) is 0 Å². The number of hydrogen-bond acceptors (Lipinski definition) is 11. The Hall–Kier alpha value is -1.70. The molecule has 2 aliphatic rings. The summed E-state index contributed by atoms with van der Waals surface area (Å²) in [5, 5.41) is 0. The number of fused-ring (bicyclic) bond motifs is 2. The minimum atomic E-state index is -4.61. The van der Waals surface area contributed by atoms with Crippen molar-refractivity contribution in [3.05, 3.63) is 12.7 Å². The van der Waals surface area contributed by atoms with Crippen LogP contribution < -0.4 is 10.6 Å². The summed E-state index contributed by atoms with van der Waals surface area (Å²) in [6.45, 7) is 4.84. The van der Waals surface area contributed by atoms with Crippen molar-refractivity contribution in [1.82, 2.24) is 19.5 Å². The number of unbranched alkanes of at least 4 members (excludes halogenated alkanes) is 28. The molecule has 2 aliphatic heterocycles. The van der Waals surface area contributed by atoms with Crippen molar-refractivity contribution >= 4 is 24.8 Å². The lowest BCUT2D eigenvalue weighted by Crippen LogP contribution is -2.38. The van der Waals surface area contributed by atoms with Gasteiger partial charge in [0, 0.05) is 12.8 Å². The first kappa shape index (κ1) is 54.9. The molecular weight excluding hydrogens is 828 g/mol. The third kappa shape index (κ3) is 20.7. The second-order valence-corrected chi connectivity index (χ2v) is 21.6. The molecule has 0 amide bonds. The maximum atomic E-state index is 13.0. The molecule has 64 heavy (non-hydrogen) atoms. The highest BCUT2D eigenvalue weighted by molar-refractivity contribution is 7.45. The highest BCUT2D eigenvalue weighted by atomic mass is 31.2. The van der Waals surface area contributed by atoms with Gasteiger partial charge in [0.25, 0.3) is 7.82 Å². The molecule has 4 heterocycles. The van der Waals surface area contributed by atoms with Crippen LogP contribution in [0.3, 0.4) is 0 Å². The van der Waals surface area contributed by atoms with Crippen LogP contribution in [0.5, 0.6) is 0 Å². The van der Waals surface area contributed by atoms with Crippen LogP contribution in [0.25, 0.3) is 11.2 Å². The molecule has 0 radical (unpaired) electrons. The minimum absolute atomic E-state index is 0.0217. The first-order valence-electron chi connectivity index (χ1n) is 26.3. The average molecular weight is 921 g/mol. The van der Waals surface area contributed by atoms with Gasteiger partial charge >= 0.3 is 0 Å². The van der Waals surface area contributed by atoms with Gasteiger partial charge in [0.2, 0.25) is 0 Å². The smallest absolute Gasteiger partial charge is 0.268 e. The highest BCUT2D eigenvalue weighted by Crippen LogP contribution is 2.49. The zero-order valence-corrected chi connectivity index (χ0v) is 42.2. The fourth-order valence-electron chi connectivity index (χ4n) is 9.43. The van der Waals surface area contributed by atoms with Gasteiger partial charge in [0.05, 0.1) is 34.1 Å². The number of quaternary nitrogens is 1. The van der Waals surface area contributed by atoms with E-state index in [0.29, 0.717) is 22.2 Å². The molecule has 2 N–H and O–H groups in total. The van der Waals surface area contributed by atoms with E-state index < -0.39 is 38.1 Å². The van der Waals surface area contributed by atoms with Crippen molar-refractivity contribution in [3.8, 4) is 0 Å².